The molecule has 3 rings (SSSR count). The molecule has 0 bridgehead atoms. The molecule has 1 N–H and O–H groups in total. The Kier molecular flexibility index (Phi) is 2.91. The van der Waals surface area contributed by atoms with Gasteiger partial charge in [-0.25, -0.2) is 4.98 Å². The molecule has 0 saturated heterocycles. The minimum atomic E-state index is 0.0461. The van der Waals surface area contributed by atoms with Gasteiger partial charge in [-0.1, -0.05) is 6.07 Å². The maximum absolute atomic E-state index is 11.4. The first-order valence-electron chi connectivity index (χ1n) is 5.39. The van der Waals surface area contributed by atoms with E-state index in [4.69, 9.17) is 0 Å². The number of aromatic nitrogens is 2. The van der Waals surface area contributed by atoms with Gasteiger partial charge in [0.1, 0.15) is 10.3 Å². The standard InChI is InChI=1S/C12H10BrN3OS/c1-16-6-14-11(12(16)13)7-2-3-9-8(4-7)15-10(17)5-18-9/h2-4,6H,5H2,1H3,(H,15,17). The molecule has 92 valence electrons. The Morgan fingerprint density at radius 1 is 1.50 bits per heavy atom. The lowest BCUT2D eigenvalue weighted by Crippen LogP contribution is -2.18. The number of rotatable bonds is 1. The van der Waals surface area contributed by atoms with E-state index < -0.39 is 0 Å². The molecule has 0 atom stereocenters. The zero-order chi connectivity index (χ0) is 12.7. The molecule has 6 heteroatoms. The van der Waals surface area contributed by atoms with Crippen molar-refractivity contribution in [3.63, 3.8) is 0 Å². The molecule has 1 aromatic heterocycles. The summed E-state index contributed by atoms with van der Waals surface area (Å²) in [6.45, 7) is 0. The van der Waals surface area contributed by atoms with Crippen LogP contribution in [0.15, 0.2) is 34.0 Å². The summed E-state index contributed by atoms with van der Waals surface area (Å²) < 4.78 is 2.83. The van der Waals surface area contributed by atoms with E-state index in [9.17, 15) is 4.79 Å². The van der Waals surface area contributed by atoms with Crippen LogP contribution in [0.3, 0.4) is 0 Å². The van der Waals surface area contributed by atoms with Gasteiger partial charge in [0.25, 0.3) is 0 Å². The normalized spacial score (nSPS) is 14.2. The minimum Gasteiger partial charge on any atom is -0.328 e. The van der Waals surface area contributed by atoms with Gasteiger partial charge in [0.15, 0.2) is 0 Å². The molecular weight excluding hydrogens is 314 g/mol. The lowest BCUT2D eigenvalue weighted by Gasteiger charge is -2.16. The SMILES string of the molecule is Cn1cnc(-c2ccc3c(c2)NC(=O)CS3)c1Br. The average molecular weight is 324 g/mol. The first kappa shape index (κ1) is 11.8. The third-order valence-corrected chi connectivity index (χ3v) is 4.76. The van der Waals surface area contributed by atoms with Gasteiger partial charge in [0, 0.05) is 17.5 Å². The van der Waals surface area contributed by atoms with E-state index >= 15 is 0 Å². The summed E-state index contributed by atoms with van der Waals surface area (Å²) in [4.78, 5) is 16.8. The van der Waals surface area contributed by atoms with Crippen molar-refractivity contribution in [2.24, 2.45) is 7.05 Å². The van der Waals surface area contributed by atoms with Gasteiger partial charge in [0.2, 0.25) is 5.91 Å². The molecule has 2 heterocycles. The van der Waals surface area contributed by atoms with E-state index in [2.05, 4.69) is 26.2 Å². The molecule has 1 amide bonds. The molecule has 0 saturated carbocycles. The monoisotopic (exact) mass is 323 g/mol. The fourth-order valence-corrected chi connectivity index (χ4v) is 3.05. The Morgan fingerprint density at radius 3 is 3.06 bits per heavy atom. The summed E-state index contributed by atoms with van der Waals surface area (Å²) >= 11 is 5.06. The van der Waals surface area contributed by atoms with Crippen LogP contribution in [0.1, 0.15) is 0 Å². The second-order valence-electron chi connectivity index (χ2n) is 4.04. The Labute approximate surface area is 117 Å². The van der Waals surface area contributed by atoms with Crippen LogP contribution in [0, 0.1) is 0 Å². The smallest absolute Gasteiger partial charge is 0.234 e. The average Bonchev–Trinajstić information content (AvgIpc) is 2.69. The van der Waals surface area contributed by atoms with Crippen LogP contribution < -0.4 is 5.32 Å². The number of hydrogen-bond acceptors (Lipinski definition) is 3. The quantitative estimate of drug-likeness (QED) is 0.877. The number of amides is 1. The zero-order valence-electron chi connectivity index (χ0n) is 9.61. The fourth-order valence-electron chi connectivity index (χ4n) is 1.84. The number of imidazole rings is 1. The molecule has 0 unspecified atom stereocenters. The van der Waals surface area contributed by atoms with Crippen LogP contribution >= 0.6 is 27.7 Å². The number of thioether (sulfide) groups is 1. The van der Waals surface area contributed by atoms with E-state index in [1.807, 2.05) is 29.8 Å². The second kappa shape index (κ2) is 4.44. The molecule has 1 aliphatic heterocycles. The maximum atomic E-state index is 11.4. The number of nitrogens with one attached hydrogen (secondary N) is 1. The number of aryl methyl sites for hydroxylation is 1. The number of hydrogen-bond donors (Lipinski definition) is 1. The Balaban J connectivity index is 2.07. The van der Waals surface area contributed by atoms with E-state index in [0.717, 1.165) is 26.4 Å². The number of carbonyl (C=O) groups excluding carboxylic acids is 1. The van der Waals surface area contributed by atoms with Crippen molar-refractivity contribution < 1.29 is 4.79 Å². The number of halogens is 1. The van der Waals surface area contributed by atoms with Crippen molar-refractivity contribution in [2.45, 2.75) is 4.90 Å². The molecule has 0 radical (unpaired) electrons. The minimum absolute atomic E-state index is 0.0461. The first-order chi connectivity index (χ1) is 8.65. The van der Waals surface area contributed by atoms with E-state index in [0.29, 0.717) is 5.75 Å². The van der Waals surface area contributed by atoms with Crippen LogP contribution in [0.4, 0.5) is 5.69 Å². The van der Waals surface area contributed by atoms with Crippen molar-refractivity contribution in [1.29, 1.82) is 0 Å². The molecular formula is C12H10BrN3OS. The molecule has 1 aromatic carbocycles. The van der Waals surface area contributed by atoms with Gasteiger partial charge in [-0.2, -0.15) is 0 Å². The van der Waals surface area contributed by atoms with E-state index in [-0.39, 0.29) is 5.91 Å². The zero-order valence-corrected chi connectivity index (χ0v) is 12.0. The van der Waals surface area contributed by atoms with Crippen LogP contribution in [0.5, 0.6) is 0 Å². The van der Waals surface area contributed by atoms with Gasteiger partial charge in [-0.3, -0.25) is 4.79 Å². The van der Waals surface area contributed by atoms with E-state index in [1.54, 1.807) is 18.1 Å². The summed E-state index contributed by atoms with van der Waals surface area (Å²) in [5, 5.41) is 2.89. The maximum Gasteiger partial charge on any atom is 0.234 e. The summed E-state index contributed by atoms with van der Waals surface area (Å²) in [7, 11) is 1.93. The van der Waals surface area contributed by atoms with Crippen LogP contribution in [-0.2, 0) is 11.8 Å². The Morgan fingerprint density at radius 2 is 2.33 bits per heavy atom. The second-order valence-corrected chi connectivity index (χ2v) is 5.81. The summed E-state index contributed by atoms with van der Waals surface area (Å²) in [6.07, 6.45) is 1.76. The highest BCUT2D eigenvalue weighted by atomic mass is 79.9. The molecule has 4 nitrogen and oxygen atoms in total. The molecule has 18 heavy (non-hydrogen) atoms. The number of nitrogens with zero attached hydrogens (tertiary/aromatic N) is 2. The third-order valence-electron chi connectivity index (χ3n) is 2.75. The summed E-state index contributed by atoms with van der Waals surface area (Å²) in [5.41, 5.74) is 2.74. The van der Waals surface area contributed by atoms with Crippen molar-refractivity contribution >= 4 is 39.3 Å². The van der Waals surface area contributed by atoms with Gasteiger partial charge in [-0.15, -0.1) is 11.8 Å². The van der Waals surface area contributed by atoms with Gasteiger partial charge >= 0.3 is 0 Å². The number of fused-ring (bicyclic) bond motifs is 1. The number of benzene rings is 1. The fraction of sp³-hybridized carbons (Fsp3) is 0.167. The number of anilines is 1. The first-order valence-corrected chi connectivity index (χ1v) is 7.17. The van der Waals surface area contributed by atoms with E-state index in [1.165, 1.54) is 0 Å². The summed E-state index contributed by atoms with van der Waals surface area (Å²) in [5.74, 6) is 0.532. The molecule has 0 fully saturated rings. The van der Waals surface area contributed by atoms with Crippen LogP contribution in [0.25, 0.3) is 11.3 Å². The topological polar surface area (TPSA) is 46.9 Å². The Hall–Kier alpha value is -1.27. The third kappa shape index (κ3) is 1.95. The van der Waals surface area contributed by atoms with Gasteiger partial charge in [-0.05, 0) is 28.1 Å². The Bertz CT molecular complexity index is 638. The van der Waals surface area contributed by atoms with Crippen molar-refractivity contribution in [2.75, 3.05) is 11.1 Å². The predicted molar refractivity (Wildman–Crippen MR) is 75.7 cm³/mol. The lowest BCUT2D eigenvalue weighted by molar-refractivity contribution is -0.113. The predicted octanol–water partition coefficient (Wildman–Crippen LogP) is 2.89. The van der Waals surface area contributed by atoms with Crippen LogP contribution in [0.2, 0.25) is 0 Å². The number of carbonyl (C=O) groups is 1. The highest BCUT2D eigenvalue weighted by Crippen LogP contribution is 2.36. The largest absolute Gasteiger partial charge is 0.328 e. The highest BCUT2D eigenvalue weighted by molar-refractivity contribution is 9.10. The van der Waals surface area contributed by atoms with Crippen molar-refractivity contribution in [1.82, 2.24) is 9.55 Å². The lowest BCUT2D eigenvalue weighted by atomic mass is 10.1. The highest BCUT2D eigenvalue weighted by Gasteiger charge is 2.17. The van der Waals surface area contributed by atoms with Crippen molar-refractivity contribution in [3.8, 4) is 11.3 Å². The van der Waals surface area contributed by atoms with Gasteiger partial charge < -0.3 is 9.88 Å². The van der Waals surface area contributed by atoms with Crippen LogP contribution in [-0.4, -0.2) is 21.2 Å². The molecule has 0 aliphatic carbocycles. The molecule has 0 spiro atoms. The molecule has 1 aliphatic rings. The summed E-state index contributed by atoms with van der Waals surface area (Å²) in [6, 6.07) is 6.01. The molecule has 2 aromatic rings. The van der Waals surface area contributed by atoms with Crippen molar-refractivity contribution in [3.05, 3.63) is 29.1 Å². The van der Waals surface area contributed by atoms with Gasteiger partial charge in [0.05, 0.1) is 17.8 Å².